The van der Waals surface area contributed by atoms with Crippen molar-refractivity contribution >= 4 is 0 Å². The lowest BCUT2D eigenvalue weighted by Crippen LogP contribution is -2.52. The van der Waals surface area contributed by atoms with Crippen molar-refractivity contribution in [1.82, 2.24) is 9.80 Å². The van der Waals surface area contributed by atoms with Crippen LogP contribution in [0.3, 0.4) is 0 Å². The van der Waals surface area contributed by atoms with E-state index in [9.17, 15) is 5.11 Å². The molecule has 1 aromatic rings. The molecule has 1 fully saturated rings. The molecule has 0 amide bonds. The minimum atomic E-state index is -0.454. The molecule has 4 nitrogen and oxygen atoms in total. The third-order valence-electron chi connectivity index (χ3n) is 5.12. The lowest BCUT2D eigenvalue weighted by molar-refractivity contribution is -0.0155. The highest BCUT2D eigenvalue weighted by Gasteiger charge is 2.35. The average molecular weight is 290 g/mol. The highest BCUT2D eigenvalue weighted by molar-refractivity contribution is 5.37. The molecule has 1 saturated heterocycles. The number of para-hydroxylation sites is 1. The van der Waals surface area contributed by atoms with Crippen LogP contribution in [0.5, 0.6) is 5.75 Å². The predicted molar refractivity (Wildman–Crippen MR) is 83.6 cm³/mol. The number of hydrogen-bond donors (Lipinski definition) is 1. The maximum absolute atomic E-state index is 10.7. The van der Waals surface area contributed by atoms with Crippen LogP contribution in [0.1, 0.15) is 31.4 Å². The Morgan fingerprint density at radius 2 is 2.00 bits per heavy atom. The van der Waals surface area contributed by atoms with E-state index in [1.807, 2.05) is 24.3 Å². The molecule has 0 aliphatic carbocycles. The maximum atomic E-state index is 10.7. The number of hydrogen-bond acceptors (Lipinski definition) is 4. The smallest absolute Gasteiger partial charge is 0.125 e. The maximum Gasteiger partial charge on any atom is 0.125 e. The third kappa shape index (κ3) is 2.93. The quantitative estimate of drug-likeness (QED) is 0.922. The number of rotatable bonds is 3. The molecule has 0 spiro atoms. The van der Waals surface area contributed by atoms with Gasteiger partial charge in [-0.1, -0.05) is 25.1 Å². The summed E-state index contributed by atoms with van der Waals surface area (Å²) in [6.45, 7) is 6.25. The van der Waals surface area contributed by atoms with Gasteiger partial charge in [-0.15, -0.1) is 0 Å². The first-order chi connectivity index (χ1) is 10.2. The molecule has 21 heavy (non-hydrogen) atoms. The Morgan fingerprint density at radius 1 is 1.29 bits per heavy atom. The van der Waals surface area contributed by atoms with Gasteiger partial charge in [0.15, 0.2) is 0 Å². The van der Waals surface area contributed by atoms with E-state index in [0.717, 1.165) is 30.9 Å². The van der Waals surface area contributed by atoms with Crippen LogP contribution in [0.25, 0.3) is 0 Å². The molecule has 2 heterocycles. The zero-order chi connectivity index (χ0) is 14.8. The number of piperidine rings is 1. The number of nitrogens with zero attached hydrogens (tertiary/aromatic N) is 2. The van der Waals surface area contributed by atoms with Gasteiger partial charge >= 0.3 is 0 Å². The standard InChI is InChI=1S/C17H26N2O2/c1-3-19-10-8-13(9-11-19)18(2)15-12-21-16-7-5-4-6-14(16)17(15)20/h4-7,13,15,17,20H,3,8-12H2,1-2H3. The first kappa shape index (κ1) is 14.8. The van der Waals surface area contributed by atoms with Crippen LogP contribution in [0.4, 0.5) is 0 Å². The first-order valence-electron chi connectivity index (χ1n) is 8.04. The van der Waals surface area contributed by atoms with Crippen LogP contribution >= 0.6 is 0 Å². The van der Waals surface area contributed by atoms with E-state index in [1.165, 1.54) is 12.8 Å². The predicted octanol–water partition coefficient (Wildman–Crippen LogP) is 1.90. The molecule has 0 radical (unpaired) electrons. The van der Waals surface area contributed by atoms with Crippen molar-refractivity contribution in [3.05, 3.63) is 29.8 Å². The van der Waals surface area contributed by atoms with Crippen LogP contribution < -0.4 is 4.74 Å². The molecular weight excluding hydrogens is 264 g/mol. The molecule has 116 valence electrons. The van der Waals surface area contributed by atoms with Crippen molar-refractivity contribution in [2.24, 2.45) is 0 Å². The third-order valence-corrected chi connectivity index (χ3v) is 5.12. The van der Waals surface area contributed by atoms with Gasteiger partial charge in [-0.3, -0.25) is 4.90 Å². The molecule has 2 atom stereocenters. The molecular formula is C17H26N2O2. The van der Waals surface area contributed by atoms with Gasteiger partial charge < -0.3 is 14.7 Å². The summed E-state index contributed by atoms with van der Waals surface area (Å²) in [5.74, 6) is 0.829. The number of fused-ring (bicyclic) bond motifs is 1. The van der Waals surface area contributed by atoms with Crippen molar-refractivity contribution in [2.75, 3.05) is 33.3 Å². The largest absolute Gasteiger partial charge is 0.491 e. The lowest BCUT2D eigenvalue weighted by Gasteiger charge is -2.43. The van der Waals surface area contributed by atoms with E-state index < -0.39 is 6.10 Å². The van der Waals surface area contributed by atoms with E-state index in [2.05, 4.69) is 23.8 Å². The number of likely N-dealkylation sites (tertiary alicyclic amines) is 1. The molecule has 2 unspecified atom stereocenters. The van der Waals surface area contributed by atoms with Crippen LogP contribution in [-0.2, 0) is 0 Å². The monoisotopic (exact) mass is 290 g/mol. The number of ether oxygens (including phenoxy) is 1. The van der Waals surface area contributed by atoms with E-state index >= 15 is 0 Å². The molecule has 2 aliphatic rings. The molecule has 2 aliphatic heterocycles. The lowest BCUT2D eigenvalue weighted by atomic mass is 9.95. The fourth-order valence-electron chi connectivity index (χ4n) is 3.58. The second-order valence-corrected chi connectivity index (χ2v) is 6.19. The zero-order valence-electron chi connectivity index (χ0n) is 13.0. The van der Waals surface area contributed by atoms with Gasteiger partial charge in [0.05, 0.1) is 6.04 Å². The zero-order valence-corrected chi connectivity index (χ0v) is 13.0. The second-order valence-electron chi connectivity index (χ2n) is 6.19. The number of benzene rings is 1. The van der Waals surface area contributed by atoms with Gasteiger partial charge in [-0.25, -0.2) is 0 Å². The topological polar surface area (TPSA) is 35.9 Å². The van der Waals surface area contributed by atoms with E-state index in [0.29, 0.717) is 12.6 Å². The van der Waals surface area contributed by atoms with Crippen LogP contribution in [0.2, 0.25) is 0 Å². The summed E-state index contributed by atoms with van der Waals surface area (Å²) in [7, 11) is 2.14. The highest BCUT2D eigenvalue weighted by Crippen LogP contribution is 2.35. The van der Waals surface area contributed by atoms with Crippen molar-refractivity contribution in [2.45, 2.75) is 38.0 Å². The Bertz CT molecular complexity index is 472. The number of aliphatic hydroxyl groups excluding tert-OH is 1. The van der Waals surface area contributed by atoms with Crippen molar-refractivity contribution in [1.29, 1.82) is 0 Å². The molecule has 1 aromatic carbocycles. The van der Waals surface area contributed by atoms with E-state index in [4.69, 9.17) is 4.74 Å². The molecule has 0 saturated carbocycles. The molecule has 0 aromatic heterocycles. The Hall–Kier alpha value is -1.10. The summed E-state index contributed by atoms with van der Waals surface area (Å²) in [5, 5.41) is 10.7. The van der Waals surface area contributed by atoms with E-state index in [1.54, 1.807) is 0 Å². The van der Waals surface area contributed by atoms with Crippen molar-refractivity contribution in [3.63, 3.8) is 0 Å². The minimum absolute atomic E-state index is 0.0538. The second kappa shape index (κ2) is 6.34. The summed E-state index contributed by atoms with van der Waals surface area (Å²) < 4.78 is 5.85. The Balaban J connectivity index is 1.67. The van der Waals surface area contributed by atoms with Crippen molar-refractivity contribution in [3.8, 4) is 5.75 Å². The summed E-state index contributed by atoms with van der Waals surface area (Å²) in [6.07, 6.45) is 1.90. The Labute approximate surface area is 127 Å². The fraction of sp³-hybridized carbons (Fsp3) is 0.647. The SMILES string of the molecule is CCN1CCC(N(C)C2COc3ccccc3C2O)CC1. The van der Waals surface area contributed by atoms with Crippen molar-refractivity contribution < 1.29 is 9.84 Å². The molecule has 4 heteroatoms. The summed E-state index contributed by atoms with van der Waals surface area (Å²) >= 11 is 0. The Kier molecular flexibility index (Phi) is 4.48. The molecule has 0 bridgehead atoms. The van der Waals surface area contributed by atoms with Gasteiger partial charge in [-0.2, -0.15) is 0 Å². The minimum Gasteiger partial charge on any atom is -0.491 e. The first-order valence-corrected chi connectivity index (χ1v) is 8.04. The van der Waals surface area contributed by atoms with Gasteiger partial charge in [0.2, 0.25) is 0 Å². The summed E-state index contributed by atoms with van der Waals surface area (Å²) in [6, 6.07) is 8.43. The fourth-order valence-corrected chi connectivity index (χ4v) is 3.58. The summed E-state index contributed by atoms with van der Waals surface area (Å²) in [4.78, 5) is 4.83. The van der Waals surface area contributed by atoms with Gasteiger partial charge in [-0.05, 0) is 45.6 Å². The van der Waals surface area contributed by atoms with Crippen LogP contribution in [0, 0.1) is 0 Å². The number of likely N-dealkylation sites (N-methyl/N-ethyl adjacent to an activating group) is 1. The van der Waals surface area contributed by atoms with Crippen LogP contribution in [0.15, 0.2) is 24.3 Å². The van der Waals surface area contributed by atoms with Gasteiger partial charge in [0, 0.05) is 11.6 Å². The number of aliphatic hydroxyl groups is 1. The molecule has 3 rings (SSSR count). The van der Waals surface area contributed by atoms with Gasteiger partial charge in [0.25, 0.3) is 0 Å². The van der Waals surface area contributed by atoms with E-state index in [-0.39, 0.29) is 6.04 Å². The Morgan fingerprint density at radius 3 is 2.71 bits per heavy atom. The van der Waals surface area contributed by atoms with Crippen LogP contribution in [-0.4, -0.2) is 60.3 Å². The molecule has 1 N–H and O–H groups in total. The van der Waals surface area contributed by atoms with Gasteiger partial charge in [0.1, 0.15) is 18.5 Å². The summed E-state index contributed by atoms with van der Waals surface area (Å²) in [5.41, 5.74) is 0.923. The average Bonchev–Trinajstić information content (AvgIpc) is 2.55. The normalized spacial score (nSPS) is 27.4. The highest BCUT2D eigenvalue weighted by atomic mass is 16.5.